The van der Waals surface area contributed by atoms with Gasteiger partial charge in [-0.05, 0) is 30.5 Å². The molecule has 0 spiro atoms. The second-order valence-corrected chi connectivity index (χ2v) is 4.09. The zero-order valence-corrected chi connectivity index (χ0v) is 10.6. The van der Waals surface area contributed by atoms with E-state index in [-0.39, 0.29) is 12.5 Å². The minimum atomic E-state index is -0.530. The number of hydrogen-bond donors (Lipinski definition) is 3. The lowest BCUT2D eigenvalue weighted by atomic mass is 10.1. The molecule has 100 valence electrons. The van der Waals surface area contributed by atoms with Gasteiger partial charge in [-0.1, -0.05) is 12.1 Å². The van der Waals surface area contributed by atoms with Crippen molar-refractivity contribution in [3.63, 3.8) is 0 Å². The van der Waals surface area contributed by atoms with Gasteiger partial charge in [-0.3, -0.25) is 4.79 Å². The molecular formula is C13H20N2O3. The van der Waals surface area contributed by atoms with Gasteiger partial charge >= 0.3 is 0 Å². The summed E-state index contributed by atoms with van der Waals surface area (Å²) in [6, 6.07) is 6.46. The van der Waals surface area contributed by atoms with Crippen molar-refractivity contribution < 1.29 is 14.6 Å². The predicted octanol–water partition coefficient (Wildman–Crippen LogP) is 0.871. The Labute approximate surface area is 107 Å². The van der Waals surface area contributed by atoms with E-state index in [1.807, 2.05) is 0 Å². The van der Waals surface area contributed by atoms with Gasteiger partial charge in [-0.15, -0.1) is 0 Å². The second kappa shape index (κ2) is 7.81. The summed E-state index contributed by atoms with van der Waals surface area (Å²) in [6.45, 7) is 0.594. The Kier molecular flexibility index (Phi) is 6.35. The molecule has 5 heteroatoms. The highest BCUT2D eigenvalue weighted by atomic mass is 16.5. The fourth-order valence-corrected chi connectivity index (χ4v) is 1.51. The average molecular weight is 252 g/mol. The average Bonchev–Trinajstić information content (AvgIpc) is 2.39. The van der Waals surface area contributed by atoms with Crippen LogP contribution < -0.4 is 11.1 Å². The number of aliphatic hydroxyl groups excluding tert-OH is 1. The summed E-state index contributed by atoms with van der Waals surface area (Å²) in [6.07, 6.45) is 1.35. The number of anilines is 1. The lowest BCUT2D eigenvalue weighted by Crippen LogP contribution is -2.35. The fraction of sp³-hybridized carbons (Fsp3) is 0.462. The third-order valence-corrected chi connectivity index (χ3v) is 2.60. The molecule has 0 saturated heterocycles. The molecule has 0 aliphatic heterocycles. The summed E-state index contributed by atoms with van der Waals surface area (Å²) in [4.78, 5) is 11.7. The molecule has 0 fully saturated rings. The predicted molar refractivity (Wildman–Crippen MR) is 70.1 cm³/mol. The number of amides is 1. The molecule has 1 unspecified atom stereocenters. The number of aliphatic hydroxyl groups is 1. The van der Waals surface area contributed by atoms with E-state index in [9.17, 15) is 4.79 Å². The number of nitrogens with two attached hydrogens (primary N) is 1. The number of rotatable bonds is 7. The van der Waals surface area contributed by atoms with Gasteiger partial charge in [0.2, 0.25) is 5.91 Å². The summed E-state index contributed by atoms with van der Waals surface area (Å²) >= 11 is 0. The van der Waals surface area contributed by atoms with Gasteiger partial charge in [-0.25, -0.2) is 0 Å². The Balaban J connectivity index is 2.42. The summed E-state index contributed by atoms with van der Waals surface area (Å²) < 4.78 is 4.90. The number of nitrogens with one attached hydrogen (secondary N) is 1. The largest absolute Gasteiger partial charge is 0.392 e. The summed E-state index contributed by atoms with van der Waals surface area (Å²) in [7, 11) is 1.62. The summed E-state index contributed by atoms with van der Waals surface area (Å²) in [5, 5.41) is 11.6. The molecule has 1 aromatic rings. The minimum Gasteiger partial charge on any atom is -0.392 e. The quantitative estimate of drug-likeness (QED) is 0.629. The maximum Gasteiger partial charge on any atom is 0.241 e. The Hall–Kier alpha value is -1.43. The third kappa shape index (κ3) is 4.83. The van der Waals surface area contributed by atoms with Crippen molar-refractivity contribution in [2.75, 3.05) is 19.0 Å². The van der Waals surface area contributed by atoms with Crippen molar-refractivity contribution in [3.05, 3.63) is 29.8 Å². The fourth-order valence-electron chi connectivity index (χ4n) is 1.51. The number of methoxy groups -OCH3 is 1. The first kappa shape index (κ1) is 14.6. The van der Waals surface area contributed by atoms with Crippen molar-refractivity contribution >= 4 is 11.6 Å². The first-order valence-corrected chi connectivity index (χ1v) is 5.92. The zero-order valence-electron chi connectivity index (χ0n) is 10.6. The maximum absolute atomic E-state index is 11.7. The molecule has 0 radical (unpaired) electrons. The zero-order chi connectivity index (χ0) is 13.4. The van der Waals surface area contributed by atoms with Crippen LogP contribution in [0.5, 0.6) is 0 Å². The van der Waals surface area contributed by atoms with Crippen molar-refractivity contribution in [2.24, 2.45) is 5.73 Å². The van der Waals surface area contributed by atoms with Crippen LogP contribution in [0.4, 0.5) is 5.69 Å². The van der Waals surface area contributed by atoms with Gasteiger partial charge in [0.25, 0.3) is 0 Å². The molecule has 4 N–H and O–H groups in total. The van der Waals surface area contributed by atoms with Crippen LogP contribution in [-0.2, 0) is 16.1 Å². The molecule has 0 aliphatic rings. The molecule has 1 atom stereocenters. The molecule has 1 amide bonds. The molecule has 18 heavy (non-hydrogen) atoms. The Morgan fingerprint density at radius 2 is 2.11 bits per heavy atom. The van der Waals surface area contributed by atoms with Gasteiger partial charge in [0.15, 0.2) is 0 Å². The molecular weight excluding hydrogens is 232 g/mol. The monoisotopic (exact) mass is 252 g/mol. The van der Waals surface area contributed by atoms with Gasteiger partial charge in [0.05, 0.1) is 12.6 Å². The van der Waals surface area contributed by atoms with Gasteiger partial charge < -0.3 is 20.9 Å². The van der Waals surface area contributed by atoms with E-state index >= 15 is 0 Å². The Morgan fingerprint density at radius 3 is 2.67 bits per heavy atom. The van der Waals surface area contributed by atoms with Crippen molar-refractivity contribution in [1.82, 2.24) is 0 Å². The first-order valence-electron chi connectivity index (χ1n) is 5.92. The van der Waals surface area contributed by atoms with Crippen molar-refractivity contribution in [2.45, 2.75) is 25.5 Å². The van der Waals surface area contributed by atoms with Crippen LogP contribution in [0.3, 0.4) is 0 Å². The van der Waals surface area contributed by atoms with Gasteiger partial charge in [0, 0.05) is 19.4 Å². The summed E-state index contributed by atoms with van der Waals surface area (Å²) in [5.41, 5.74) is 7.24. The van der Waals surface area contributed by atoms with Crippen LogP contribution >= 0.6 is 0 Å². The minimum absolute atomic E-state index is 0.00917. The van der Waals surface area contributed by atoms with E-state index in [2.05, 4.69) is 5.32 Å². The van der Waals surface area contributed by atoms with Crippen LogP contribution in [0.2, 0.25) is 0 Å². The van der Waals surface area contributed by atoms with E-state index in [0.29, 0.717) is 18.7 Å². The highest BCUT2D eigenvalue weighted by Gasteiger charge is 2.12. The standard InChI is InChI=1S/C13H20N2O3/c1-18-8-2-3-12(14)13(17)15-11-6-4-10(9-16)5-7-11/h4-7,12,16H,2-3,8-9,14H2,1H3,(H,15,17). The van der Waals surface area contributed by atoms with Gasteiger partial charge in [0.1, 0.15) is 0 Å². The van der Waals surface area contributed by atoms with Crippen LogP contribution in [0, 0.1) is 0 Å². The van der Waals surface area contributed by atoms with E-state index in [1.54, 1.807) is 31.4 Å². The van der Waals surface area contributed by atoms with Gasteiger partial charge in [-0.2, -0.15) is 0 Å². The van der Waals surface area contributed by atoms with Crippen molar-refractivity contribution in [1.29, 1.82) is 0 Å². The smallest absolute Gasteiger partial charge is 0.241 e. The number of hydrogen-bond acceptors (Lipinski definition) is 4. The molecule has 0 bridgehead atoms. The molecule has 1 rings (SSSR count). The van der Waals surface area contributed by atoms with Crippen LogP contribution in [0.15, 0.2) is 24.3 Å². The SMILES string of the molecule is COCCCC(N)C(=O)Nc1ccc(CO)cc1. The normalized spacial score (nSPS) is 12.2. The lowest BCUT2D eigenvalue weighted by molar-refractivity contribution is -0.117. The van der Waals surface area contributed by atoms with Crippen LogP contribution in [0.25, 0.3) is 0 Å². The van der Waals surface area contributed by atoms with E-state index < -0.39 is 6.04 Å². The molecule has 0 aromatic heterocycles. The topological polar surface area (TPSA) is 84.6 Å². The summed E-state index contributed by atoms with van der Waals surface area (Å²) in [5.74, 6) is -0.206. The Morgan fingerprint density at radius 1 is 1.44 bits per heavy atom. The highest BCUT2D eigenvalue weighted by molar-refractivity contribution is 5.94. The number of carbonyl (C=O) groups is 1. The lowest BCUT2D eigenvalue weighted by Gasteiger charge is -2.12. The maximum atomic E-state index is 11.7. The number of ether oxygens (including phenoxy) is 1. The van der Waals surface area contributed by atoms with Crippen LogP contribution in [-0.4, -0.2) is 30.8 Å². The molecule has 5 nitrogen and oxygen atoms in total. The molecule has 1 aromatic carbocycles. The molecule has 0 saturated carbocycles. The van der Waals surface area contributed by atoms with Crippen LogP contribution in [0.1, 0.15) is 18.4 Å². The highest BCUT2D eigenvalue weighted by Crippen LogP contribution is 2.10. The number of benzene rings is 1. The van der Waals surface area contributed by atoms with E-state index in [4.69, 9.17) is 15.6 Å². The first-order chi connectivity index (χ1) is 8.67. The number of carbonyl (C=O) groups excluding carboxylic acids is 1. The third-order valence-electron chi connectivity index (χ3n) is 2.60. The van der Waals surface area contributed by atoms with E-state index in [0.717, 1.165) is 12.0 Å². The molecule has 0 aliphatic carbocycles. The van der Waals surface area contributed by atoms with E-state index in [1.165, 1.54) is 0 Å². The second-order valence-electron chi connectivity index (χ2n) is 4.09. The molecule has 0 heterocycles. The van der Waals surface area contributed by atoms with Crippen molar-refractivity contribution in [3.8, 4) is 0 Å². The Bertz CT molecular complexity index is 365.